The van der Waals surface area contributed by atoms with Crippen LogP contribution >= 0.6 is 0 Å². The third-order valence-electron chi connectivity index (χ3n) is 8.03. The number of anilines is 2. The first kappa shape index (κ1) is 33.1. The van der Waals surface area contributed by atoms with Gasteiger partial charge >= 0.3 is 0 Å². The number of ether oxygens (including phenoxy) is 1. The molecule has 4 heterocycles. The van der Waals surface area contributed by atoms with Gasteiger partial charge in [0.05, 0.1) is 23.4 Å². The quantitative estimate of drug-likeness (QED) is 0.117. The number of hydrogen-bond acceptors (Lipinski definition) is 8. The maximum absolute atomic E-state index is 13.9. The largest absolute Gasteiger partial charge is 0.361 e. The predicted octanol–water partition coefficient (Wildman–Crippen LogP) is 6.06. The molecule has 48 heavy (non-hydrogen) atoms. The number of benzene rings is 2. The van der Waals surface area contributed by atoms with E-state index < -0.39 is 24.1 Å². The van der Waals surface area contributed by atoms with E-state index in [0.717, 1.165) is 34.4 Å². The SMILES string of the molecule is Cc1ccn2nc(C(C)Nc3ncnc4c3c(-c3cccc(NS(C)(=O)=O)c3)cn4COCC[Si](C)(C)C)n(-c3ccccc3)c(=O)c12. The van der Waals surface area contributed by atoms with Gasteiger partial charge < -0.3 is 14.6 Å². The molecule has 0 radical (unpaired) electrons. The highest BCUT2D eigenvalue weighted by atomic mass is 32.2. The average Bonchev–Trinajstić information content (AvgIpc) is 3.59. The summed E-state index contributed by atoms with van der Waals surface area (Å²) in [4.78, 5) is 23.3. The van der Waals surface area contributed by atoms with Crippen LogP contribution < -0.4 is 15.6 Å². The summed E-state index contributed by atoms with van der Waals surface area (Å²) < 4.78 is 38.0. The van der Waals surface area contributed by atoms with E-state index in [4.69, 9.17) is 9.84 Å². The molecule has 0 fully saturated rings. The fourth-order valence-electron chi connectivity index (χ4n) is 5.66. The summed E-state index contributed by atoms with van der Waals surface area (Å²) in [7, 11) is -4.78. The molecule has 12 nitrogen and oxygen atoms in total. The Morgan fingerprint density at radius 3 is 2.52 bits per heavy atom. The van der Waals surface area contributed by atoms with Gasteiger partial charge in [-0.15, -0.1) is 0 Å². The molecule has 2 aromatic carbocycles. The molecule has 4 aromatic heterocycles. The molecule has 1 unspecified atom stereocenters. The van der Waals surface area contributed by atoms with Gasteiger partial charge in [0.15, 0.2) is 5.82 Å². The van der Waals surface area contributed by atoms with E-state index in [9.17, 15) is 13.2 Å². The van der Waals surface area contributed by atoms with Crippen LogP contribution in [0.3, 0.4) is 0 Å². The van der Waals surface area contributed by atoms with Gasteiger partial charge in [-0.2, -0.15) is 5.10 Å². The van der Waals surface area contributed by atoms with Crippen molar-refractivity contribution in [2.24, 2.45) is 0 Å². The van der Waals surface area contributed by atoms with Gasteiger partial charge in [-0.1, -0.05) is 50.0 Å². The first-order chi connectivity index (χ1) is 22.8. The minimum Gasteiger partial charge on any atom is -0.361 e. The number of sulfonamides is 1. The molecule has 0 bridgehead atoms. The Morgan fingerprint density at radius 1 is 1.02 bits per heavy atom. The third kappa shape index (κ3) is 7.05. The van der Waals surface area contributed by atoms with Crippen molar-refractivity contribution in [3.05, 3.63) is 101 Å². The molecule has 6 rings (SSSR count). The summed E-state index contributed by atoms with van der Waals surface area (Å²) in [6.45, 7) is 11.7. The van der Waals surface area contributed by atoms with Gasteiger partial charge in [-0.3, -0.25) is 14.1 Å². The van der Waals surface area contributed by atoms with E-state index in [-0.39, 0.29) is 12.3 Å². The molecule has 6 aromatic rings. The molecular formula is C34H40N8O4SSi. The molecule has 14 heteroatoms. The predicted molar refractivity (Wildman–Crippen MR) is 193 cm³/mol. The van der Waals surface area contributed by atoms with Gasteiger partial charge in [0.1, 0.15) is 30.0 Å². The summed E-state index contributed by atoms with van der Waals surface area (Å²) in [6.07, 6.45) is 6.36. The number of hydrogen-bond donors (Lipinski definition) is 2. The highest BCUT2D eigenvalue weighted by Crippen LogP contribution is 2.36. The molecular weight excluding hydrogens is 645 g/mol. The van der Waals surface area contributed by atoms with Crippen molar-refractivity contribution in [3.63, 3.8) is 0 Å². The minimum absolute atomic E-state index is 0.173. The van der Waals surface area contributed by atoms with E-state index in [1.165, 1.54) is 6.33 Å². The second kappa shape index (κ2) is 13.0. The van der Waals surface area contributed by atoms with Crippen LogP contribution in [0, 0.1) is 6.92 Å². The van der Waals surface area contributed by atoms with Crippen LogP contribution in [-0.4, -0.2) is 58.1 Å². The molecule has 0 aliphatic rings. The summed E-state index contributed by atoms with van der Waals surface area (Å²) in [5.74, 6) is 1.03. The number of para-hydroxylation sites is 1. The molecule has 0 spiro atoms. The summed E-state index contributed by atoms with van der Waals surface area (Å²) in [5, 5.41) is 9.15. The first-order valence-corrected chi connectivity index (χ1v) is 21.3. The zero-order valence-corrected chi connectivity index (χ0v) is 29.7. The highest BCUT2D eigenvalue weighted by molar-refractivity contribution is 7.92. The van der Waals surface area contributed by atoms with Crippen molar-refractivity contribution in [3.8, 4) is 16.8 Å². The molecule has 0 aliphatic heterocycles. The standard InChI is InChI=1S/C34H40N8O4SSi/c1-23-15-16-41-30(23)34(43)42(27-13-8-7-9-14-27)32(38-41)24(2)37-31-29-28(25-11-10-12-26(19-25)39-47(3,44)45)20-40(33(29)36-21-35-31)22-46-17-18-48(4,5)6/h7-16,19-21,24,39H,17-18,22H2,1-6H3,(H,35,36,37). The fraction of sp³-hybridized carbons (Fsp3) is 0.294. The molecule has 0 saturated heterocycles. The van der Waals surface area contributed by atoms with Crippen LogP contribution in [0.25, 0.3) is 33.4 Å². The van der Waals surface area contributed by atoms with Gasteiger partial charge in [0.2, 0.25) is 10.0 Å². The first-order valence-electron chi connectivity index (χ1n) is 15.7. The second-order valence-corrected chi connectivity index (χ2v) is 20.6. The van der Waals surface area contributed by atoms with E-state index in [2.05, 4.69) is 39.6 Å². The Kier molecular flexibility index (Phi) is 8.98. The number of aryl methyl sites for hydroxylation is 1. The zero-order chi connectivity index (χ0) is 34.2. The van der Waals surface area contributed by atoms with Gasteiger partial charge in [-0.25, -0.2) is 22.9 Å². The summed E-state index contributed by atoms with van der Waals surface area (Å²) in [6, 6.07) is 19.1. The van der Waals surface area contributed by atoms with Gasteiger partial charge in [0, 0.05) is 38.3 Å². The Balaban J connectivity index is 1.46. The van der Waals surface area contributed by atoms with Crippen LogP contribution in [0.4, 0.5) is 11.5 Å². The number of nitrogens with zero attached hydrogens (tertiary/aromatic N) is 6. The Bertz CT molecular complexity index is 2270. The zero-order valence-electron chi connectivity index (χ0n) is 27.9. The Labute approximate surface area is 280 Å². The second-order valence-electron chi connectivity index (χ2n) is 13.2. The normalized spacial score (nSPS) is 12.9. The van der Waals surface area contributed by atoms with Crippen molar-refractivity contribution in [1.29, 1.82) is 0 Å². The lowest BCUT2D eigenvalue weighted by Crippen LogP contribution is -2.29. The number of nitrogens with one attached hydrogen (secondary N) is 2. The molecule has 0 aliphatic carbocycles. The van der Waals surface area contributed by atoms with Crippen LogP contribution in [0.1, 0.15) is 24.4 Å². The Morgan fingerprint density at radius 2 is 1.79 bits per heavy atom. The Hall–Kier alpha value is -4.79. The lowest BCUT2D eigenvalue weighted by Gasteiger charge is -2.20. The average molecular weight is 685 g/mol. The molecule has 2 N–H and O–H groups in total. The molecule has 250 valence electrons. The lowest BCUT2D eigenvalue weighted by atomic mass is 10.1. The number of aromatic nitrogens is 6. The van der Waals surface area contributed by atoms with Gasteiger partial charge in [-0.05, 0) is 61.4 Å². The van der Waals surface area contributed by atoms with Crippen LogP contribution in [-0.2, 0) is 21.5 Å². The third-order valence-corrected chi connectivity index (χ3v) is 10.3. The monoisotopic (exact) mass is 684 g/mol. The lowest BCUT2D eigenvalue weighted by molar-refractivity contribution is 0.0899. The summed E-state index contributed by atoms with van der Waals surface area (Å²) >= 11 is 0. The van der Waals surface area contributed by atoms with Gasteiger partial charge in [0.25, 0.3) is 5.56 Å². The van der Waals surface area contributed by atoms with Crippen molar-refractivity contribution >= 4 is 46.2 Å². The summed E-state index contributed by atoms with van der Waals surface area (Å²) in [5.41, 5.74) is 4.52. The van der Waals surface area contributed by atoms with Crippen molar-refractivity contribution in [1.82, 2.24) is 28.7 Å². The van der Waals surface area contributed by atoms with Crippen LogP contribution in [0.15, 0.2) is 84.2 Å². The van der Waals surface area contributed by atoms with E-state index in [0.29, 0.717) is 40.8 Å². The van der Waals surface area contributed by atoms with Crippen LogP contribution in [0.5, 0.6) is 0 Å². The maximum Gasteiger partial charge on any atom is 0.282 e. The van der Waals surface area contributed by atoms with Crippen molar-refractivity contribution < 1.29 is 13.2 Å². The topological polar surface area (TPSA) is 137 Å². The van der Waals surface area contributed by atoms with E-state index >= 15 is 0 Å². The van der Waals surface area contributed by atoms with E-state index in [1.54, 1.807) is 33.5 Å². The molecule has 0 saturated carbocycles. The van der Waals surface area contributed by atoms with Crippen molar-refractivity contribution in [2.75, 3.05) is 22.9 Å². The number of fused-ring (bicyclic) bond motifs is 2. The van der Waals surface area contributed by atoms with Crippen LogP contribution in [0.2, 0.25) is 25.7 Å². The van der Waals surface area contributed by atoms with Crippen molar-refractivity contribution in [2.45, 2.75) is 52.3 Å². The maximum atomic E-state index is 13.9. The fourth-order valence-corrected chi connectivity index (χ4v) is 6.98. The number of rotatable bonds is 12. The molecule has 0 amide bonds. The van der Waals surface area contributed by atoms with E-state index in [1.807, 2.05) is 67.1 Å². The minimum atomic E-state index is -3.49. The highest BCUT2D eigenvalue weighted by Gasteiger charge is 2.23. The smallest absolute Gasteiger partial charge is 0.282 e. The molecule has 1 atom stereocenters.